The molecule has 0 spiro atoms. The fraction of sp³-hybridized carbons (Fsp3) is 0.238. The van der Waals surface area contributed by atoms with Crippen molar-refractivity contribution in [1.29, 1.82) is 5.26 Å². The van der Waals surface area contributed by atoms with E-state index in [4.69, 9.17) is 10.00 Å². The first-order valence-electron chi connectivity index (χ1n) is 9.47. The van der Waals surface area contributed by atoms with Crippen LogP contribution in [-0.2, 0) is 24.3 Å². The summed E-state index contributed by atoms with van der Waals surface area (Å²) < 4.78 is 31.6. The lowest BCUT2D eigenvalue weighted by Crippen LogP contribution is -2.30. The lowest BCUT2D eigenvalue weighted by molar-refractivity contribution is -0.153. The molecular weight excluding hydrogens is 420 g/mol. The lowest BCUT2D eigenvalue weighted by Gasteiger charge is -2.13. The molecule has 2 N–H and O–H groups in total. The van der Waals surface area contributed by atoms with Crippen LogP contribution in [0, 0.1) is 11.3 Å². The molecule has 3 rings (SSSR count). The third-order valence-electron chi connectivity index (χ3n) is 4.43. The van der Waals surface area contributed by atoms with Crippen LogP contribution in [0.1, 0.15) is 30.9 Å². The number of carbonyl (C=O) groups is 2. The Balaban J connectivity index is 1.45. The zero-order valence-electron chi connectivity index (χ0n) is 16.7. The van der Waals surface area contributed by atoms with Crippen LogP contribution >= 0.6 is 0 Å². The molecular formula is C21H20N4O5S. The van der Waals surface area contributed by atoms with Gasteiger partial charge in [-0.3, -0.25) is 19.3 Å². The number of aliphatic imine (C=N–C) groups is 1. The normalized spacial score (nSPS) is 15.9. The van der Waals surface area contributed by atoms with Crippen molar-refractivity contribution in [3.8, 4) is 6.07 Å². The molecule has 0 fully saturated rings. The van der Waals surface area contributed by atoms with Crippen LogP contribution in [0.15, 0.2) is 58.4 Å². The topological polar surface area (TPSA) is 138 Å². The highest BCUT2D eigenvalue weighted by molar-refractivity contribution is 7.90. The van der Waals surface area contributed by atoms with Crippen LogP contribution in [-0.4, -0.2) is 38.8 Å². The number of amidine groups is 1. The number of nitriles is 1. The largest absolute Gasteiger partial charge is 0.453 e. The summed E-state index contributed by atoms with van der Waals surface area (Å²) in [4.78, 5) is 28.5. The van der Waals surface area contributed by atoms with Gasteiger partial charge in [-0.1, -0.05) is 12.1 Å². The summed E-state index contributed by atoms with van der Waals surface area (Å²) in [6.07, 6.45) is -0.640. The molecule has 0 saturated heterocycles. The molecule has 1 atom stereocenters. The second-order valence-electron chi connectivity index (χ2n) is 6.75. The Kier molecular flexibility index (Phi) is 6.67. The number of fused-ring (bicyclic) bond motifs is 1. The van der Waals surface area contributed by atoms with E-state index in [2.05, 4.69) is 15.0 Å². The van der Waals surface area contributed by atoms with Crippen molar-refractivity contribution in [2.75, 3.05) is 11.9 Å². The Bertz CT molecular complexity index is 1170. The Labute approximate surface area is 179 Å². The number of amides is 1. The van der Waals surface area contributed by atoms with Crippen molar-refractivity contribution in [3.63, 3.8) is 0 Å². The summed E-state index contributed by atoms with van der Waals surface area (Å²) in [6, 6.07) is 14.8. The summed E-state index contributed by atoms with van der Waals surface area (Å²) in [6.45, 7) is 1.68. The second-order valence-corrected chi connectivity index (χ2v) is 8.40. The molecule has 0 aromatic heterocycles. The molecule has 2 aromatic carbocycles. The van der Waals surface area contributed by atoms with Crippen LogP contribution in [0.25, 0.3) is 0 Å². The Morgan fingerprint density at radius 3 is 2.61 bits per heavy atom. The van der Waals surface area contributed by atoms with Gasteiger partial charge in [0.25, 0.3) is 15.9 Å². The minimum Gasteiger partial charge on any atom is -0.453 e. The first kappa shape index (κ1) is 22.0. The molecule has 0 aliphatic carbocycles. The number of anilines is 1. The zero-order chi connectivity index (χ0) is 22.4. The SMILES string of the molecule is CC(OC(=O)CCCN=C1NS(=O)(=O)c2ccccc21)C(=O)Nc1ccc(C#N)cc1. The van der Waals surface area contributed by atoms with Crippen LogP contribution in [0.5, 0.6) is 0 Å². The number of rotatable bonds is 7. The van der Waals surface area contributed by atoms with Crippen molar-refractivity contribution in [2.45, 2.75) is 30.8 Å². The molecule has 1 aliphatic rings. The van der Waals surface area contributed by atoms with Crippen molar-refractivity contribution < 1.29 is 22.7 Å². The third-order valence-corrected chi connectivity index (χ3v) is 5.83. The highest BCUT2D eigenvalue weighted by Crippen LogP contribution is 2.22. The van der Waals surface area contributed by atoms with E-state index in [1.165, 1.54) is 13.0 Å². The Hall–Kier alpha value is -3.71. The van der Waals surface area contributed by atoms with Gasteiger partial charge in [0.2, 0.25) is 0 Å². The molecule has 0 bridgehead atoms. The van der Waals surface area contributed by atoms with E-state index < -0.39 is 28.0 Å². The average Bonchev–Trinajstić information content (AvgIpc) is 3.02. The number of nitrogens with one attached hydrogen (secondary N) is 2. The van der Waals surface area contributed by atoms with E-state index in [0.29, 0.717) is 23.2 Å². The molecule has 1 amide bonds. The molecule has 2 aromatic rings. The molecule has 1 heterocycles. The van der Waals surface area contributed by atoms with Crippen molar-refractivity contribution in [3.05, 3.63) is 59.7 Å². The predicted molar refractivity (Wildman–Crippen MR) is 113 cm³/mol. The summed E-state index contributed by atoms with van der Waals surface area (Å²) in [5, 5.41) is 11.4. The third kappa shape index (κ3) is 5.46. The predicted octanol–water partition coefficient (Wildman–Crippen LogP) is 1.95. The molecule has 9 nitrogen and oxygen atoms in total. The van der Waals surface area contributed by atoms with Gasteiger partial charge in [0, 0.05) is 24.2 Å². The number of ether oxygens (including phenoxy) is 1. The van der Waals surface area contributed by atoms with Crippen molar-refractivity contribution in [1.82, 2.24) is 4.72 Å². The standard InChI is InChI=1S/C21H20N4O5S/c1-14(21(27)24-16-10-8-15(13-22)9-11-16)30-19(26)7-4-12-23-20-17-5-2-3-6-18(17)31(28,29)25-20/h2-3,5-6,8-11,14H,4,7,12H2,1H3,(H,23,25)(H,24,27). The zero-order valence-corrected chi connectivity index (χ0v) is 17.5. The second kappa shape index (κ2) is 9.40. The van der Waals surface area contributed by atoms with Gasteiger partial charge in [-0.15, -0.1) is 0 Å². The summed E-state index contributed by atoms with van der Waals surface area (Å²) in [5.74, 6) is -0.801. The molecule has 31 heavy (non-hydrogen) atoms. The van der Waals surface area contributed by atoms with Crippen molar-refractivity contribution in [2.24, 2.45) is 4.99 Å². The minimum atomic E-state index is -3.60. The number of benzene rings is 2. The molecule has 1 aliphatic heterocycles. The number of hydrogen-bond acceptors (Lipinski definition) is 7. The van der Waals surface area contributed by atoms with Gasteiger partial charge in [-0.25, -0.2) is 8.42 Å². The first-order valence-corrected chi connectivity index (χ1v) is 11.0. The van der Waals surface area contributed by atoms with Gasteiger partial charge in [0.05, 0.1) is 16.5 Å². The summed E-state index contributed by atoms with van der Waals surface area (Å²) in [5.41, 5.74) is 1.45. The number of nitrogens with zero attached hydrogens (tertiary/aromatic N) is 2. The highest BCUT2D eigenvalue weighted by atomic mass is 32.2. The van der Waals surface area contributed by atoms with E-state index in [1.54, 1.807) is 42.5 Å². The molecule has 10 heteroatoms. The van der Waals surface area contributed by atoms with E-state index >= 15 is 0 Å². The monoisotopic (exact) mass is 440 g/mol. The van der Waals surface area contributed by atoms with E-state index in [1.807, 2.05) is 6.07 Å². The number of carbonyl (C=O) groups excluding carboxylic acids is 2. The fourth-order valence-electron chi connectivity index (χ4n) is 2.85. The van der Waals surface area contributed by atoms with Gasteiger partial charge in [0.15, 0.2) is 6.10 Å². The van der Waals surface area contributed by atoms with Gasteiger partial charge < -0.3 is 10.1 Å². The Morgan fingerprint density at radius 2 is 1.90 bits per heavy atom. The van der Waals surface area contributed by atoms with E-state index in [0.717, 1.165) is 0 Å². The van der Waals surface area contributed by atoms with Gasteiger partial charge >= 0.3 is 5.97 Å². The summed E-state index contributed by atoms with van der Waals surface area (Å²) >= 11 is 0. The fourth-order valence-corrected chi connectivity index (χ4v) is 4.10. The van der Waals surface area contributed by atoms with E-state index in [9.17, 15) is 18.0 Å². The number of sulfonamides is 1. The maximum absolute atomic E-state index is 12.1. The number of hydrogen-bond donors (Lipinski definition) is 2. The van der Waals surface area contributed by atoms with Crippen LogP contribution in [0.3, 0.4) is 0 Å². The Morgan fingerprint density at radius 1 is 1.19 bits per heavy atom. The molecule has 1 unspecified atom stereocenters. The molecule has 0 radical (unpaired) electrons. The van der Waals surface area contributed by atoms with Crippen LogP contribution in [0.2, 0.25) is 0 Å². The van der Waals surface area contributed by atoms with Crippen molar-refractivity contribution >= 4 is 33.4 Å². The lowest BCUT2D eigenvalue weighted by atomic mass is 10.2. The minimum absolute atomic E-state index is 0.0274. The molecule has 160 valence electrons. The molecule has 0 saturated carbocycles. The van der Waals surface area contributed by atoms with Gasteiger partial charge in [-0.2, -0.15) is 5.26 Å². The smallest absolute Gasteiger partial charge is 0.306 e. The maximum Gasteiger partial charge on any atom is 0.306 e. The quantitative estimate of drug-likeness (QED) is 0.499. The maximum atomic E-state index is 12.1. The van der Waals surface area contributed by atoms with Crippen LogP contribution in [0.4, 0.5) is 5.69 Å². The highest BCUT2D eigenvalue weighted by Gasteiger charge is 2.29. The first-order chi connectivity index (χ1) is 14.8. The van der Waals surface area contributed by atoms with E-state index in [-0.39, 0.29) is 23.7 Å². The average molecular weight is 440 g/mol. The van der Waals surface area contributed by atoms with Gasteiger partial charge in [-0.05, 0) is 49.7 Å². The summed E-state index contributed by atoms with van der Waals surface area (Å²) in [7, 11) is -3.60. The van der Waals surface area contributed by atoms with Gasteiger partial charge in [0.1, 0.15) is 5.84 Å². The van der Waals surface area contributed by atoms with Crippen LogP contribution < -0.4 is 10.0 Å². The number of esters is 1.